The molecular formula is C20H24FNO3S. The molecule has 4 nitrogen and oxygen atoms in total. The minimum absolute atomic E-state index is 0.0377. The number of hydrogen-bond donors (Lipinski definition) is 1. The number of aromatic hydroxyl groups is 1. The summed E-state index contributed by atoms with van der Waals surface area (Å²) in [6.07, 6.45) is 0.667. The Hall–Kier alpha value is -1.92. The molecule has 1 aliphatic rings. The van der Waals surface area contributed by atoms with Crippen molar-refractivity contribution >= 4 is 9.84 Å². The third-order valence-electron chi connectivity index (χ3n) is 4.88. The Balaban J connectivity index is 1.52. The summed E-state index contributed by atoms with van der Waals surface area (Å²) in [5.41, 5.74) is 1.12. The second-order valence-corrected chi connectivity index (χ2v) is 9.06. The van der Waals surface area contributed by atoms with Gasteiger partial charge in [0.15, 0.2) is 9.84 Å². The molecule has 2 atom stereocenters. The van der Waals surface area contributed by atoms with Gasteiger partial charge >= 0.3 is 0 Å². The zero-order valence-electron chi connectivity index (χ0n) is 14.6. The first-order chi connectivity index (χ1) is 12.4. The molecule has 3 rings (SSSR count). The van der Waals surface area contributed by atoms with Gasteiger partial charge in [0.25, 0.3) is 0 Å². The van der Waals surface area contributed by atoms with E-state index in [1.165, 1.54) is 24.3 Å². The molecule has 0 aromatic heterocycles. The topological polar surface area (TPSA) is 57.6 Å². The highest BCUT2D eigenvalue weighted by Gasteiger charge is 2.34. The van der Waals surface area contributed by atoms with Crippen LogP contribution in [0.25, 0.3) is 0 Å². The summed E-state index contributed by atoms with van der Waals surface area (Å²) in [4.78, 5) is 2.11. The third kappa shape index (κ3) is 4.62. The number of benzene rings is 2. The van der Waals surface area contributed by atoms with E-state index in [0.29, 0.717) is 32.4 Å². The molecule has 0 amide bonds. The molecule has 1 fully saturated rings. The number of sulfone groups is 1. The van der Waals surface area contributed by atoms with Gasteiger partial charge in [-0.2, -0.15) is 0 Å². The monoisotopic (exact) mass is 377 g/mol. The number of phenols is 1. The lowest BCUT2D eigenvalue weighted by atomic mass is 10.1. The van der Waals surface area contributed by atoms with Crippen LogP contribution in [-0.2, 0) is 16.3 Å². The van der Waals surface area contributed by atoms with Gasteiger partial charge < -0.3 is 5.11 Å². The van der Waals surface area contributed by atoms with Crippen molar-refractivity contribution in [3.8, 4) is 5.75 Å². The Morgan fingerprint density at radius 2 is 1.81 bits per heavy atom. The van der Waals surface area contributed by atoms with Crippen LogP contribution in [0.4, 0.5) is 4.39 Å². The lowest BCUT2D eigenvalue weighted by Gasteiger charge is -2.19. The second-order valence-electron chi connectivity index (χ2n) is 6.83. The van der Waals surface area contributed by atoms with Crippen molar-refractivity contribution in [1.82, 2.24) is 4.90 Å². The van der Waals surface area contributed by atoms with Gasteiger partial charge in [-0.25, -0.2) is 12.8 Å². The van der Waals surface area contributed by atoms with E-state index in [-0.39, 0.29) is 17.2 Å². The van der Waals surface area contributed by atoms with E-state index in [0.717, 1.165) is 5.56 Å². The molecule has 1 N–H and O–H groups in total. The highest BCUT2D eigenvalue weighted by molar-refractivity contribution is 7.92. The summed E-state index contributed by atoms with van der Waals surface area (Å²) in [6, 6.07) is 15.4. The van der Waals surface area contributed by atoms with Gasteiger partial charge in [0.05, 0.1) is 10.1 Å². The fourth-order valence-corrected chi connectivity index (χ4v) is 5.11. The predicted molar refractivity (Wildman–Crippen MR) is 99.8 cm³/mol. The van der Waals surface area contributed by atoms with Crippen LogP contribution in [0.15, 0.2) is 59.5 Å². The Morgan fingerprint density at radius 1 is 1.12 bits per heavy atom. The van der Waals surface area contributed by atoms with Crippen molar-refractivity contribution in [3.05, 3.63) is 60.2 Å². The Labute approximate surface area is 154 Å². The van der Waals surface area contributed by atoms with Crippen LogP contribution in [-0.4, -0.2) is 49.5 Å². The lowest BCUT2D eigenvalue weighted by molar-refractivity contribution is 0.211. The number of hydrogen-bond acceptors (Lipinski definition) is 4. The SMILES string of the molecule is O=S(=O)(c1ccc(O)cc1)[C@H]1CCN(C[C@H](F)CCc2ccccc2)C1. The number of halogens is 1. The fourth-order valence-electron chi connectivity index (χ4n) is 3.38. The lowest BCUT2D eigenvalue weighted by Crippen LogP contribution is -2.31. The molecule has 0 unspecified atom stereocenters. The van der Waals surface area contributed by atoms with Crippen molar-refractivity contribution in [2.24, 2.45) is 0 Å². The van der Waals surface area contributed by atoms with Gasteiger partial charge in [0, 0.05) is 13.1 Å². The van der Waals surface area contributed by atoms with Crippen LogP contribution in [0.5, 0.6) is 5.75 Å². The minimum atomic E-state index is -3.45. The largest absolute Gasteiger partial charge is 0.508 e. The van der Waals surface area contributed by atoms with E-state index in [2.05, 4.69) is 0 Å². The summed E-state index contributed by atoms with van der Waals surface area (Å²) < 4.78 is 39.7. The summed E-state index contributed by atoms with van der Waals surface area (Å²) >= 11 is 0. The maximum absolute atomic E-state index is 14.3. The molecule has 6 heteroatoms. The fraction of sp³-hybridized carbons (Fsp3) is 0.400. The van der Waals surface area contributed by atoms with Crippen LogP contribution in [0, 0.1) is 0 Å². The van der Waals surface area contributed by atoms with Crippen molar-refractivity contribution in [2.75, 3.05) is 19.6 Å². The molecule has 1 heterocycles. The van der Waals surface area contributed by atoms with Gasteiger partial charge in [0.1, 0.15) is 11.9 Å². The molecule has 1 saturated heterocycles. The van der Waals surface area contributed by atoms with E-state index in [9.17, 15) is 17.9 Å². The van der Waals surface area contributed by atoms with E-state index in [4.69, 9.17) is 0 Å². The average molecular weight is 377 g/mol. The molecule has 0 saturated carbocycles. The molecule has 1 aliphatic heterocycles. The standard InChI is InChI=1S/C20H24FNO3S/c21-17(7-6-16-4-2-1-3-5-16)14-22-13-12-20(15-22)26(24,25)19-10-8-18(23)9-11-19/h1-5,8-11,17,20,23H,6-7,12-15H2/t17-,20+/m1/s1. The summed E-state index contributed by atoms with van der Waals surface area (Å²) in [7, 11) is -3.45. The number of phenolic OH excluding ortho intramolecular Hbond substituents is 1. The second kappa shape index (κ2) is 8.18. The van der Waals surface area contributed by atoms with Crippen LogP contribution in [0.1, 0.15) is 18.4 Å². The van der Waals surface area contributed by atoms with Crippen LogP contribution in [0.3, 0.4) is 0 Å². The molecule has 0 radical (unpaired) electrons. The molecule has 140 valence electrons. The molecule has 0 bridgehead atoms. The average Bonchev–Trinajstić information content (AvgIpc) is 3.10. The molecule has 26 heavy (non-hydrogen) atoms. The number of rotatable bonds is 7. The minimum Gasteiger partial charge on any atom is -0.508 e. The molecule has 0 spiro atoms. The van der Waals surface area contributed by atoms with Crippen molar-refractivity contribution in [2.45, 2.75) is 35.6 Å². The predicted octanol–water partition coefficient (Wildman–Crippen LogP) is 3.21. The number of nitrogens with zero attached hydrogens (tertiary/aromatic N) is 1. The van der Waals surface area contributed by atoms with Crippen LogP contribution >= 0.6 is 0 Å². The summed E-state index contributed by atoms with van der Waals surface area (Å²) in [5, 5.41) is 8.80. The van der Waals surface area contributed by atoms with Crippen molar-refractivity contribution in [1.29, 1.82) is 0 Å². The third-order valence-corrected chi connectivity index (χ3v) is 7.07. The van der Waals surface area contributed by atoms with Crippen molar-refractivity contribution < 1.29 is 17.9 Å². The summed E-state index contributed by atoms with van der Waals surface area (Å²) in [5.74, 6) is 0.0377. The smallest absolute Gasteiger partial charge is 0.182 e. The number of likely N-dealkylation sites (tertiary alicyclic amines) is 1. The van der Waals surface area contributed by atoms with Crippen molar-refractivity contribution in [3.63, 3.8) is 0 Å². The first-order valence-corrected chi connectivity index (χ1v) is 10.4. The van der Waals surface area contributed by atoms with Gasteiger partial charge in [0.2, 0.25) is 0 Å². The highest BCUT2D eigenvalue weighted by Crippen LogP contribution is 2.25. The Kier molecular flexibility index (Phi) is 5.94. The normalized spacial score (nSPS) is 19.5. The van der Waals surface area contributed by atoms with E-state index >= 15 is 0 Å². The Morgan fingerprint density at radius 3 is 2.50 bits per heavy atom. The molecule has 2 aromatic carbocycles. The highest BCUT2D eigenvalue weighted by atomic mass is 32.2. The number of alkyl halides is 1. The molecule has 2 aromatic rings. The number of aryl methyl sites for hydroxylation is 1. The maximum atomic E-state index is 14.3. The van der Waals surface area contributed by atoms with Gasteiger partial charge in [-0.1, -0.05) is 30.3 Å². The first kappa shape index (κ1) is 18.9. The quantitative estimate of drug-likeness (QED) is 0.805. The maximum Gasteiger partial charge on any atom is 0.182 e. The van der Waals surface area contributed by atoms with Gasteiger partial charge in [-0.15, -0.1) is 0 Å². The van der Waals surface area contributed by atoms with E-state index < -0.39 is 21.3 Å². The molecular weight excluding hydrogens is 353 g/mol. The Bertz CT molecular complexity index is 809. The van der Waals surface area contributed by atoms with Crippen LogP contribution < -0.4 is 0 Å². The van der Waals surface area contributed by atoms with Gasteiger partial charge in [-0.3, -0.25) is 4.90 Å². The van der Waals surface area contributed by atoms with Crippen LogP contribution in [0.2, 0.25) is 0 Å². The first-order valence-electron chi connectivity index (χ1n) is 8.88. The van der Waals surface area contributed by atoms with E-state index in [1.54, 1.807) is 0 Å². The van der Waals surface area contributed by atoms with E-state index in [1.807, 2.05) is 35.2 Å². The zero-order valence-corrected chi connectivity index (χ0v) is 15.4. The summed E-state index contributed by atoms with van der Waals surface area (Å²) in [6.45, 7) is 1.22. The molecule has 0 aliphatic carbocycles. The zero-order chi connectivity index (χ0) is 18.6. The van der Waals surface area contributed by atoms with Gasteiger partial charge in [-0.05, 0) is 55.6 Å².